The van der Waals surface area contributed by atoms with E-state index in [4.69, 9.17) is 10.5 Å². The molecule has 0 aliphatic carbocycles. The van der Waals surface area contributed by atoms with Crippen LogP contribution in [0.3, 0.4) is 0 Å². The van der Waals surface area contributed by atoms with E-state index >= 15 is 0 Å². The predicted octanol–water partition coefficient (Wildman–Crippen LogP) is 1.99. The number of hydrogen-bond acceptors (Lipinski definition) is 6. The largest absolute Gasteiger partial charge is 0.444 e. The van der Waals surface area contributed by atoms with Crippen LogP contribution in [-0.4, -0.2) is 56.9 Å². The Labute approximate surface area is 184 Å². The van der Waals surface area contributed by atoms with Gasteiger partial charge in [-0.05, 0) is 45.2 Å². The van der Waals surface area contributed by atoms with Gasteiger partial charge in [0.15, 0.2) is 0 Å². The highest BCUT2D eigenvalue weighted by Gasteiger charge is 2.37. The van der Waals surface area contributed by atoms with Gasteiger partial charge in [-0.15, -0.1) is 0 Å². The molecule has 32 heavy (non-hydrogen) atoms. The number of H-pyrrole nitrogens is 1. The molecule has 1 aromatic heterocycles. The lowest BCUT2D eigenvalue weighted by atomic mass is 10.0. The number of nitrogens with zero attached hydrogens (tertiary/aromatic N) is 2. The number of nitrogens with two attached hydrogens (primary N) is 1. The zero-order valence-corrected chi connectivity index (χ0v) is 18.2. The maximum absolute atomic E-state index is 13.3. The third-order valence-electron chi connectivity index (χ3n) is 5.24. The van der Waals surface area contributed by atoms with Crippen LogP contribution in [-0.2, 0) is 20.7 Å². The first-order valence-corrected chi connectivity index (χ1v) is 10.3. The molecule has 2 heterocycles. The Hall–Kier alpha value is -3.63. The Balaban J connectivity index is 1.92. The summed E-state index contributed by atoms with van der Waals surface area (Å²) in [5.74, 6) is -1.06. The Morgan fingerprint density at radius 2 is 2.09 bits per heavy atom. The van der Waals surface area contributed by atoms with Gasteiger partial charge in [-0.3, -0.25) is 19.7 Å². The first-order valence-electron chi connectivity index (χ1n) is 10.3. The molecule has 3 rings (SSSR count). The summed E-state index contributed by atoms with van der Waals surface area (Å²) in [4.78, 5) is 52.6. The summed E-state index contributed by atoms with van der Waals surface area (Å²) >= 11 is 0. The molecule has 1 fully saturated rings. The van der Waals surface area contributed by atoms with Crippen molar-refractivity contribution in [2.24, 2.45) is 5.73 Å². The van der Waals surface area contributed by atoms with E-state index < -0.39 is 40.5 Å². The summed E-state index contributed by atoms with van der Waals surface area (Å²) < 4.78 is 5.30. The summed E-state index contributed by atoms with van der Waals surface area (Å²) in [6, 6.07) is 2.58. The molecule has 2 atom stereocenters. The number of rotatable bonds is 6. The molecule has 11 nitrogen and oxygen atoms in total. The molecule has 4 N–H and O–H groups in total. The van der Waals surface area contributed by atoms with Crippen LogP contribution >= 0.6 is 0 Å². The first kappa shape index (κ1) is 23.0. The fraction of sp³-hybridized carbons (Fsp3) is 0.476. The summed E-state index contributed by atoms with van der Waals surface area (Å²) in [5, 5.41) is 14.3. The molecule has 2 aromatic rings. The van der Waals surface area contributed by atoms with Crippen molar-refractivity contribution in [2.45, 2.75) is 57.7 Å². The van der Waals surface area contributed by atoms with Gasteiger partial charge in [0.05, 0.1) is 4.92 Å². The fourth-order valence-electron chi connectivity index (χ4n) is 3.85. The Morgan fingerprint density at radius 1 is 1.38 bits per heavy atom. The highest BCUT2D eigenvalue weighted by atomic mass is 16.6. The second kappa shape index (κ2) is 8.85. The molecule has 0 spiro atoms. The molecule has 1 unspecified atom stereocenters. The van der Waals surface area contributed by atoms with Gasteiger partial charge in [-0.1, -0.05) is 0 Å². The lowest BCUT2D eigenvalue weighted by Gasteiger charge is -2.28. The van der Waals surface area contributed by atoms with Crippen molar-refractivity contribution < 1.29 is 24.0 Å². The molecule has 11 heteroatoms. The van der Waals surface area contributed by atoms with Gasteiger partial charge in [-0.2, -0.15) is 0 Å². The van der Waals surface area contributed by atoms with E-state index in [0.29, 0.717) is 35.9 Å². The molecule has 1 aliphatic rings. The van der Waals surface area contributed by atoms with Crippen molar-refractivity contribution in [3.63, 3.8) is 0 Å². The molecule has 0 saturated carbocycles. The number of carbonyl (C=O) groups excluding carboxylic acids is 3. The van der Waals surface area contributed by atoms with E-state index in [2.05, 4.69) is 10.3 Å². The van der Waals surface area contributed by atoms with Crippen molar-refractivity contribution >= 4 is 34.5 Å². The highest BCUT2D eigenvalue weighted by molar-refractivity contribution is 5.92. The molecule has 1 aromatic carbocycles. The zero-order valence-electron chi connectivity index (χ0n) is 18.2. The number of nitro benzene ring substituents is 1. The number of amides is 3. The second-order valence-corrected chi connectivity index (χ2v) is 8.80. The standard InChI is InChI=1S/C21H27N5O6/c1-21(2,3)32-20(29)24-16(19(28)25-8-4-5-17(25)18(22)27)9-12-11-23-15-7-6-13(26(30)31)10-14(12)15/h6-7,10-11,16-17,23H,4-5,8-9H2,1-3H3,(H2,22,27)(H,24,29)/t16-,17?/m0/s1. The van der Waals surface area contributed by atoms with Crippen LogP contribution in [0.5, 0.6) is 0 Å². The number of ether oxygens (including phenoxy) is 1. The number of hydrogen-bond donors (Lipinski definition) is 3. The van der Waals surface area contributed by atoms with E-state index in [9.17, 15) is 24.5 Å². The van der Waals surface area contributed by atoms with Crippen molar-refractivity contribution in [1.82, 2.24) is 15.2 Å². The van der Waals surface area contributed by atoms with Gasteiger partial charge in [-0.25, -0.2) is 4.79 Å². The monoisotopic (exact) mass is 445 g/mol. The number of benzene rings is 1. The molecule has 0 bridgehead atoms. The Morgan fingerprint density at radius 3 is 2.72 bits per heavy atom. The molecular weight excluding hydrogens is 418 g/mol. The minimum absolute atomic E-state index is 0.0429. The van der Waals surface area contributed by atoms with E-state index in [1.54, 1.807) is 33.0 Å². The average molecular weight is 445 g/mol. The summed E-state index contributed by atoms with van der Waals surface area (Å²) in [7, 11) is 0. The number of alkyl carbamates (subject to hydrolysis) is 1. The number of nitro groups is 1. The van der Waals surface area contributed by atoms with Crippen molar-refractivity contribution in [3.8, 4) is 0 Å². The van der Waals surface area contributed by atoms with Gasteiger partial charge >= 0.3 is 6.09 Å². The number of nitrogens with one attached hydrogen (secondary N) is 2. The van der Waals surface area contributed by atoms with Crippen molar-refractivity contribution in [1.29, 1.82) is 0 Å². The number of primary amides is 1. The van der Waals surface area contributed by atoms with E-state index in [1.807, 2.05) is 0 Å². The Kier molecular flexibility index (Phi) is 6.37. The van der Waals surface area contributed by atoms with Crippen LogP contribution in [0.2, 0.25) is 0 Å². The summed E-state index contributed by atoms with van der Waals surface area (Å²) in [6.07, 6.45) is 1.98. The maximum atomic E-state index is 13.3. The predicted molar refractivity (Wildman–Crippen MR) is 116 cm³/mol. The number of non-ortho nitro benzene ring substituents is 1. The number of fused-ring (bicyclic) bond motifs is 1. The SMILES string of the molecule is CC(C)(C)OC(=O)N[C@@H](Cc1c[nH]c2ccc([N+](=O)[O-])cc12)C(=O)N1CCCC1C(N)=O. The van der Waals surface area contributed by atoms with Crippen LogP contribution in [0.4, 0.5) is 10.5 Å². The third kappa shape index (κ3) is 5.16. The maximum Gasteiger partial charge on any atom is 0.408 e. The van der Waals surface area contributed by atoms with Crippen LogP contribution in [0, 0.1) is 10.1 Å². The number of aromatic amines is 1. The minimum atomic E-state index is -1.05. The number of carbonyl (C=O) groups is 3. The van der Waals surface area contributed by atoms with Gasteiger partial charge in [0.1, 0.15) is 17.7 Å². The zero-order chi connectivity index (χ0) is 23.6. The van der Waals surface area contributed by atoms with E-state index in [0.717, 1.165) is 0 Å². The normalized spacial score (nSPS) is 17.2. The lowest BCUT2D eigenvalue weighted by molar-refractivity contribution is -0.384. The molecular formula is C21H27N5O6. The second-order valence-electron chi connectivity index (χ2n) is 8.80. The van der Waals surface area contributed by atoms with Crippen molar-refractivity contribution in [2.75, 3.05) is 6.54 Å². The van der Waals surface area contributed by atoms with E-state index in [1.165, 1.54) is 17.0 Å². The van der Waals surface area contributed by atoms with Crippen LogP contribution in [0.25, 0.3) is 10.9 Å². The molecule has 3 amide bonds. The first-order chi connectivity index (χ1) is 15.0. The van der Waals surface area contributed by atoms with E-state index in [-0.39, 0.29) is 12.1 Å². The van der Waals surface area contributed by atoms with Crippen LogP contribution in [0.15, 0.2) is 24.4 Å². The third-order valence-corrected chi connectivity index (χ3v) is 5.24. The molecule has 1 aliphatic heterocycles. The molecule has 1 saturated heterocycles. The van der Waals surface area contributed by atoms with Crippen molar-refractivity contribution in [3.05, 3.63) is 40.1 Å². The lowest BCUT2D eigenvalue weighted by Crippen LogP contribution is -2.54. The molecule has 172 valence electrons. The van der Waals surface area contributed by atoms with Gasteiger partial charge in [0, 0.05) is 42.2 Å². The Bertz CT molecular complexity index is 1060. The van der Waals surface area contributed by atoms with Crippen LogP contribution in [0.1, 0.15) is 39.2 Å². The summed E-state index contributed by atoms with van der Waals surface area (Å²) in [6.45, 7) is 5.45. The smallest absolute Gasteiger partial charge is 0.408 e. The summed E-state index contributed by atoms with van der Waals surface area (Å²) in [5.41, 5.74) is 5.85. The van der Waals surface area contributed by atoms with Gasteiger partial charge in [0.2, 0.25) is 11.8 Å². The number of likely N-dealkylation sites (tertiary alicyclic amines) is 1. The topological polar surface area (TPSA) is 161 Å². The van der Waals surface area contributed by atoms with Gasteiger partial charge in [0.25, 0.3) is 5.69 Å². The highest BCUT2D eigenvalue weighted by Crippen LogP contribution is 2.26. The molecule has 0 radical (unpaired) electrons. The number of aromatic nitrogens is 1. The van der Waals surface area contributed by atoms with Crippen LogP contribution < -0.4 is 11.1 Å². The quantitative estimate of drug-likeness (QED) is 0.455. The average Bonchev–Trinajstić information content (AvgIpc) is 3.32. The fourth-order valence-corrected chi connectivity index (χ4v) is 3.85. The van der Waals surface area contributed by atoms with Gasteiger partial charge < -0.3 is 25.7 Å². The minimum Gasteiger partial charge on any atom is -0.444 e.